The smallest absolute Gasteiger partial charge is 0.222 e. The molecular weight excluding hydrogens is 303 g/mol. The summed E-state index contributed by atoms with van der Waals surface area (Å²) in [5.41, 5.74) is 5.10. The van der Waals surface area contributed by atoms with Gasteiger partial charge in [-0.25, -0.2) is 9.97 Å². The molecule has 2 aromatic carbocycles. The largest absolute Gasteiger partial charge is 0.225 e. The van der Waals surface area contributed by atoms with Gasteiger partial charge in [0.05, 0.1) is 16.9 Å². The van der Waals surface area contributed by atoms with E-state index in [-0.39, 0.29) is 5.28 Å². The summed E-state index contributed by atoms with van der Waals surface area (Å²) >= 11 is 12.0. The minimum atomic E-state index is 0.190. The van der Waals surface area contributed by atoms with E-state index in [4.69, 9.17) is 23.2 Å². The molecule has 4 heteroatoms. The van der Waals surface area contributed by atoms with E-state index < -0.39 is 0 Å². The Hall–Kier alpha value is -1.90. The Morgan fingerprint density at radius 3 is 2.48 bits per heavy atom. The predicted octanol–water partition coefficient (Wildman–Crippen LogP) is 5.43. The number of benzene rings is 2. The van der Waals surface area contributed by atoms with Gasteiger partial charge in [0, 0.05) is 5.56 Å². The second-order valence-electron chi connectivity index (χ2n) is 4.73. The van der Waals surface area contributed by atoms with Crippen molar-refractivity contribution in [3.05, 3.63) is 70.6 Å². The van der Waals surface area contributed by atoms with Gasteiger partial charge in [0.1, 0.15) is 0 Å². The zero-order valence-corrected chi connectivity index (χ0v) is 12.9. The lowest BCUT2D eigenvalue weighted by atomic mass is 9.98. The molecule has 0 bridgehead atoms. The zero-order chi connectivity index (χ0) is 14.8. The quantitative estimate of drug-likeness (QED) is 0.590. The van der Waals surface area contributed by atoms with Gasteiger partial charge in [-0.2, -0.15) is 0 Å². The Balaban J connectivity index is 2.13. The first kappa shape index (κ1) is 14.1. The van der Waals surface area contributed by atoms with Crippen molar-refractivity contribution in [2.75, 3.05) is 0 Å². The van der Waals surface area contributed by atoms with Crippen LogP contribution in [0.2, 0.25) is 10.3 Å². The highest BCUT2D eigenvalue weighted by Crippen LogP contribution is 2.31. The van der Waals surface area contributed by atoms with E-state index in [0.29, 0.717) is 10.7 Å². The van der Waals surface area contributed by atoms with Crippen molar-refractivity contribution in [3.8, 4) is 22.4 Å². The van der Waals surface area contributed by atoms with Crippen molar-refractivity contribution >= 4 is 23.2 Å². The molecule has 104 valence electrons. The third-order valence-corrected chi connectivity index (χ3v) is 3.77. The SMILES string of the molecule is Cc1ccccc1-c1cccc(-c2nc(Cl)ncc2Cl)c1. The molecule has 3 aromatic rings. The molecule has 0 spiro atoms. The van der Waals surface area contributed by atoms with Crippen molar-refractivity contribution in [2.45, 2.75) is 6.92 Å². The molecule has 3 rings (SSSR count). The van der Waals surface area contributed by atoms with Crippen LogP contribution in [0.1, 0.15) is 5.56 Å². The maximum absolute atomic E-state index is 6.18. The minimum absolute atomic E-state index is 0.190. The molecule has 1 aromatic heterocycles. The summed E-state index contributed by atoms with van der Waals surface area (Å²) in [6.07, 6.45) is 1.52. The lowest BCUT2D eigenvalue weighted by molar-refractivity contribution is 1.17. The monoisotopic (exact) mass is 314 g/mol. The minimum Gasteiger partial charge on any atom is -0.225 e. The number of halogens is 2. The van der Waals surface area contributed by atoms with Gasteiger partial charge in [-0.1, -0.05) is 54.1 Å². The van der Waals surface area contributed by atoms with Crippen molar-refractivity contribution in [1.82, 2.24) is 9.97 Å². The second-order valence-corrected chi connectivity index (χ2v) is 5.48. The van der Waals surface area contributed by atoms with Gasteiger partial charge in [0.25, 0.3) is 0 Å². The highest BCUT2D eigenvalue weighted by molar-refractivity contribution is 6.33. The van der Waals surface area contributed by atoms with Crippen LogP contribution in [-0.4, -0.2) is 9.97 Å². The molecule has 0 amide bonds. The third-order valence-electron chi connectivity index (χ3n) is 3.31. The molecule has 0 aliphatic carbocycles. The number of hydrogen-bond acceptors (Lipinski definition) is 2. The summed E-state index contributed by atoms with van der Waals surface area (Å²) in [6.45, 7) is 2.09. The fourth-order valence-corrected chi connectivity index (χ4v) is 2.61. The molecule has 0 N–H and O–H groups in total. The highest BCUT2D eigenvalue weighted by Gasteiger charge is 2.09. The van der Waals surface area contributed by atoms with Crippen LogP contribution in [0.5, 0.6) is 0 Å². The maximum Gasteiger partial charge on any atom is 0.222 e. The normalized spacial score (nSPS) is 10.6. The van der Waals surface area contributed by atoms with E-state index in [2.05, 4.69) is 41.2 Å². The summed E-state index contributed by atoms with van der Waals surface area (Å²) < 4.78 is 0. The van der Waals surface area contributed by atoms with Gasteiger partial charge >= 0.3 is 0 Å². The van der Waals surface area contributed by atoms with Crippen molar-refractivity contribution < 1.29 is 0 Å². The number of nitrogens with zero attached hydrogens (tertiary/aromatic N) is 2. The summed E-state index contributed by atoms with van der Waals surface area (Å²) in [6, 6.07) is 16.3. The van der Waals surface area contributed by atoms with Gasteiger partial charge in [0.15, 0.2) is 0 Å². The van der Waals surface area contributed by atoms with Crippen LogP contribution in [0.15, 0.2) is 54.7 Å². The van der Waals surface area contributed by atoms with Crippen LogP contribution in [0.4, 0.5) is 0 Å². The number of aromatic nitrogens is 2. The zero-order valence-electron chi connectivity index (χ0n) is 11.3. The fourth-order valence-electron chi connectivity index (χ4n) is 2.28. The lowest BCUT2D eigenvalue weighted by Gasteiger charge is -2.09. The van der Waals surface area contributed by atoms with Crippen LogP contribution < -0.4 is 0 Å². The van der Waals surface area contributed by atoms with Crippen LogP contribution in [0, 0.1) is 6.92 Å². The van der Waals surface area contributed by atoms with E-state index in [0.717, 1.165) is 11.1 Å². The molecule has 2 nitrogen and oxygen atoms in total. The molecule has 21 heavy (non-hydrogen) atoms. The first-order chi connectivity index (χ1) is 10.1. The lowest BCUT2D eigenvalue weighted by Crippen LogP contribution is -1.90. The first-order valence-corrected chi connectivity index (χ1v) is 7.25. The van der Waals surface area contributed by atoms with E-state index >= 15 is 0 Å². The number of rotatable bonds is 2. The first-order valence-electron chi connectivity index (χ1n) is 6.49. The standard InChI is InChI=1S/C17H12Cl2N2/c1-11-5-2-3-8-14(11)12-6-4-7-13(9-12)16-15(18)10-20-17(19)21-16/h2-10H,1H3. The van der Waals surface area contributed by atoms with Crippen LogP contribution in [-0.2, 0) is 0 Å². The molecule has 0 aliphatic rings. The molecule has 0 atom stereocenters. The molecule has 0 saturated carbocycles. The predicted molar refractivity (Wildman–Crippen MR) is 87.7 cm³/mol. The van der Waals surface area contributed by atoms with Crippen molar-refractivity contribution in [1.29, 1.82) is 0 Å². The summed E-state index contributed by atoms with van der Waals surface area (Å²) in [5.74, 6) is 0. The van der Waals surface area contributed by atoms with Crippen LogP contribution >= 0.6 is 23.2 Å². The fraction of sp³-hybridized carbons (Fsp3) is 0.0588. The number of hydrogen-bond donors (Lipinski definition) is 0. The van der Waals surface area contributed by atoms with Crippen molar-refractivity contribution in [2.24, 2.45) is 0 Å². The summed E-state index contributed by atoms with van der Waals surface area (Å²) in [7, 11) is 0. The van der Waals surface area contributed by atoms with Crippen molar-refractivity contribution in [3.63, 3.8) is 0 Å². The Kier molecular flexibility index (Phi) is 3.91. The molecular formula is C17H12Cl2N2. The van der Waals surface area contributed by atoms with Gasteiger partial charge in [-0.15, -0.1) is 0 Å². The molecule has 0 saturated heterocycles. The Morgan fingerprint density at radius 1 is 0.905 bits per heavy atom. The molecule has 0 aliphatic heterocycles. The molecule has 1 heterocycles. The van der Waals surface area contributed by atoms with E-state index in [1.54, 1.807) is 0 Å². The topological polar surface area (TPSA) is 25.8 Å². The van der Waals surface area contributed by atoms with Crippen LogP contribution in [0.25, 0.3) is 22.4 Å². The van der Waals surface area contributed by atoms with Gasteiger partial charge in [-0.3, -0.25) is 0 Å². The summed E-state index contributed by atoms with van der Waals surface area (Å²) in [4.78, 5) is 8.10. The van der Waals surface area contributed by atoms with Gasteiger partial charge in [0.2, 0.25) is 5.28 Å². The van der Waals surface area contributed by atoms with E-state index in [1.807, 2.05) is 24.3 Å². The molecule has 0 radical (unpaired) electrons. The maximum atomic E-state index is 6.18. The van der Waals surface area contributed by atoms with Gasteiger partial charge in [-0.05, 0) is 41.3 Å². The van der Waals surface area contributed by atoms with E-state index in [1.165, 1.54) is 17.3 Å². The third kappa shape index (κ3) is 2.92. The molecule has 0 fully saturated rings. The average molecular weight is 315 g/mol. The number of aryl methyl sites for hydroxylation is 1. The Bertz CT molecular complexity index is 800. The van der Waals surface area contributed by atoms with E-state index in [9.17, 15) is 0 Å². The van der Waals surface area contributed by atoms with Gasteiger partial charge < -0.3 is 0 Å². The van der Waals surface area contributed by atoms with Crippen LogP contribution in [0.3, 0.4) is 0 Å². The Morgan fingerprint density at radius 2 is 1.67 bits per heavy atom. The Labute approximate surface area is 133 Å². The summed E-state index contributed by atoms with van der Waals surface area (Å²) in [5, 5.41) is 0.678. The average Bonchev–Trinajstić information content (AvgIpc) is 2.50. The second kappa shape index (κ2) is 5.84. The molecule has 0 unspecified atom stereocenters. The highest BCUT2D eigenvalue weighted by atomic mass is 35.5.